The van der Waals surface area contributed by atoms with E-state index >= 15 is 0 Å². The molecule has 0 spiro atoms. The summed E-state index contributed by atoms with van der Waals surface area (Å²) in [7, 11) is 0. The van der Waals surface area contributed by atoms with E-state index in [4.69, 9.17) is 0 Å². The Morgan fingerprint density at radius 2 is 2.38 bits per heavy atom. The SMILES string of the molecule is CCc1ccc(N2CC[C@H](F)[C@@H](O)C2)cn1. The number of anilines is 1. The first-order chi connectivity index (χ1) is 7.70. The van der Waals surface area contributed by atoms with Gasteiger partial charge in [0.2, 0.25) is 0 Å². The highest BCUT2D eigenvalue weighted by molar-refractivity contribution is 5.45. The first kappa shape index (κ1) is 11.3. The first-order valence-electron chi connectivity index (χ1n) is 5.72. The van der Waals surface area contributed by atoms with E-state index in [9.17, 15) is 9.50 Å². The minimum Gasteiger partial charge on any atom is -0.388 e. The van der Waals surface area contributed by atoms with Gasteiger partial charge in [-0.3, -0.25) is 4.98 Å². The lowest BCUT2D eigenvalue weighted by Gasteiger charge is -2.33. The van der Waals surface area contributed by atoms with E-state index in [0.717, 1.165) is 17.8 Å². The highest BCUT2D eigenvalue weighted by atomic mass is 19.1. The number of aliphatic hydroxyl groups is 1. The van der Waals surface area contributed by atoms with Gasteiger partial charge in [-0.05, 0) is 25.0 Å². The smallest absolute Gasteiger partial charge is 0.129 e. The molecule has 0 amide bonds. The highest BCUT2D eigenvalue weighted by Crippen LogP contribution is 2.21. The van der Waals surface area contributed by atoms with Crippen molar-refractivity contribution in [3.05, 3.63) is 24.0 Å². The van der Waals surface area contributed by atoms with Gasteiger partial charge in [-0.15, -0.1) is 0 Å². The average Bonchev–Trinajstić information content (AvgIpc) is 2.33. The van der Waals surface area contributed by atoms with Crippen LogP contribution in [0.25, 0.3) is 0 Å². The van der Waals surface area contributed by atoms with Crippen LogP contribution in [0.4, 0.5) is 10.1 Å². The first-order valence-corrected chi connectivity index (χ1v) is 5.72. The summed E-state index contributed by atoms with van der Waals surface area (Å²) in [5.41, 5.74) is 2.01. The van der Waals surface area contributed by atoms with Crippen molar-refractivity contribution in [2.45, 2.75) is 32.0 Å². The highest BCUT2D eigenvalue weighted by Gasteiger charge is 2.27. The summed E-state index contributed by atoms with van der Waals surface area (Å²) in [5.74, 6) is 0. The third-order valence-electron chi connectivity index (χ3n) is 3.04. The number of β-amino-alcohol motifs (C(OH)–C–C–N with tert-alkyl or cyclic N) is 1. The monoisotopic (exact) mass is 224 g/mol. The second-order valence-corrected chi connectivity index (χ2v) is 4.18. The summed E-state index contributed by atoms with van der Waals surface area (Å²) < 4.78 is 13.1. The Morgan fingerprint density at radius 3 is 2.94 bits per heavy atom. The summed E-state index contributed by atoms with van der Waals surface area (Å²) in [5, 5.41) is 9.47. The Kier molecular flexibility index (Phi) is 3.39. The van der Waals surface area contributed by atoms with Crippen LogP contribution < -0.4 is 4.90 Å². The predicted octanol–water partition coefficient (Wildman–Crippen LogP) is 1.55. The van der Waals surface area contributed by atoms with E-state index < -0.39 is 12.3 Å². The van der Waals surface area contributed by atoms with Gasteiger partial charge in [-0.1, -0.05) is 6.92 Å². The number of halogens is 1. The van der Waals surface area contributed by atoms with Crippen molar-refractivity contribution in [3.8, 4) is 0 Å². The van der Waals surface area contributed by atoms with Crippen molar-refractivity contribution in [1.29, 1.82) is 0 Å². The maximum atomic E-state index is 13.1. The Hall–Kier alpha value is -1.16. The van der Waals surface area contributed by atoms with Gasteiger partial charge in [0.15, 0.2) is 0 Å². The molecule has 88 valence electrons. The molecular weight excluding hydrogens is 207 g/mol. The average molecular weight is 224 g/mol. The number of alkyl halides is 1. The lowest BCUT2D eigenvalue weighted by atomic mass is 10.1. The van der Waals surface area contributed by atoms with Gasteiger partial charge in [0.25, 0.3) is 0 Å². The van der Waals surface area contributed by atoms with Crippen LogP contribution in [0.1, 0.15) is 19.0 Å². The second-order valence-electron chi connectivity index (χ2n) is 4.18. The zero-order valence-corrected chi connectivity index (χ0v) is 9.43. The van der Waals surface area contributed by atoms with E-state index in [1.807, 2.05) is 17.0 Å². The molecule has 1 aliphatic rings. The Balaban J connectivity index is 2.06. The van der Waals surface area contributed by atoms with Crippen LogP contribution in [0, 0.1) is 0 Å². The standard InChI is InChI=1S/C12H17FN2O/c1-2-9-3-4-10(7-14-9)15-6-5-11(13)12(16)8-15/h3-4,7,11-12,16H,2,5-6,8H2,1H3/t11-,12-/m0/s1. The Labute approximate surface area is 94.9 Å². The van der Waals surface area contributed by atoms with Crippen molar-refractivity contribution in [2.75, 3.05) is 18.0 Å². The van der Waals surface area contributed by atoms with E-state index in [2.05, 4.69) is 11.9 Å². The number of pyridine rings is 1. The van der Waals surface area contributed by atoms with Crippen molar-refractivity contribution >= 4 is 5.69 Å². The number of nitrogens with zero attached hydrogens (tertiary/aromatic N) is 2. The molecule has 1 aromatic rings. The molecule has 0 unspecified atom stereocenters. The predicted molar refractivity (Wildman–Crippen MR) is 61.3 cm³/mol. The maximum Gasteiger partial charge on any atom is 0.129 e. The molecule has 1 fully saturated rings. The molecule has 1 aromatic heterocycles. The van der Waals surface area contributed by atoms with Crippen LogP contribution in [0.3, 0.4) is 0 Å². The molecule has 0 radical (unpaired) electrons. The van der Waals surface area contributed by atoms with Crippen molar-refractivity contribution < 1.29 is 9.50 Å². The molecule has 1 N–H and O–H groups in total. The minimum atomic E-state index is -1.08. The molecule has 3 nitrogen and oxygen atoms in total. The lowest BCUT2D eigenvalue weighted by molar-refractivity contribution is 0.0645. The number of aliphatic hydroxyl groups excluding tert-OH is 1. The maximum absolute atomic E-state index is 13.1. The Bertz CT molecular complexity index is 341. The second kappa shape index (κ2) is 4.78. The zero-order valence-electron chi connectivity index (χ0n) is 9.43. The number of piperidine rings is 1. The molecule has 2 rings (SSSR count). The van der Waals surface area contributed by atoms with Gasteiger partial charge >= 0.3 is 0 Å². The lowest BCUT2D eigenvalue weighted by Crippen LogP contribution is -2.45. The number of aromatic nitrogens is 1. The van der Waals surface area contributed by atoms with Crippen LogP contribution >= 0.6 is 0 Å². The van der Waals surface area contributed by atoms with Crippen LogP contribution in [-0.2, 0) is 6.42 Å². The Morgan fingerprint density at radius 1 is 1.56 bits per heavy atom. The van der Waals surface area contributed by atoms with E-state index in [1.165, 1.54) is 0 Å². The van der Waals surface area contributed by atoms with Crippen LogP contribution in [-0.4, -0.2) is 35.5 Å². The summed E-state index contributed by atoms with van der Waals surface area (Å²) in [4.78, 5) is 6.28. The van der Waals surface area contributed by atoms with Gasteiger partial charge in [-0.2, -0.15) is 0 Å². The molecule has 0 saturated carbocycles. The van der Waals surface area contributed by atoms with E-state index in [-0.39, 0.29) is 0 Å². The molecule has 1 aliphatic heterocycles. The molecule has 2 heterocycles. The molecule has 16 heavy (non-hydrogen) atoms. The minimum absolute atomic E-state index is 0.355. The molecule has 2 atom stereocenters. The zero-order chi connectivity index (χ0) is 11.5. The summed E-state index contributed by atoms with van der Waals surface area (Å²) >= 11 is 0. The molecule has 4 heteroatoms. The normalized spacial score (nSPS) is 25.8. The van der Waals surface area contributed by atoms with Gasteiger partial charge in [-0.25, -0.2) is 4.39 Å². The van der Waals surface area contributed by atoms with Crippen LogP contribution in [0.5, 0.6) is 0 Å². The fourth-order valence-corrected chi connectivity index (χ4v) is 1.95. The largest absolute Gasteiger partial charge is 0.388 e. The fourth-order valence-electron chi connectivity index (χ4n) is 1.95. The molecule has 1 saturated heterocycles. The quantitative estimate of drug-likeness (QED) is 0.828. The molecule has 0 bridgehead atoms. The van der Waals surface area contributed by atoms with Crippen molar-refractivity contribution in [3.63, 3.8) is 0 Å². The van der Waals surface area contributed by atoms with Gasteiger partial charge in [0, 0.05) is 18.8 Å². The third kappa shape index (κ3) is 2.32. The molecule has 0 aliphatic carbocycles. The van der Waals surface area contributed by atoms with Crippen LogP contribution in [0.15, 0.2) is 18.3 Å². The van der Waals surface area contributed by atoms with Gasteiger partial charge in [0.1, 0.15) is 12.3 Å². The number of hydrogen-bond acceptors (Lipinski definition) is 3. The van der Waals surface area contributed by atoms with Crippen molar-refractivity contribution in [1.82, 2.24) is 4.98 Å². The number of aryl methyl sites for hydroxylation is 1. The third-order valence-corrected chi connectivity index (χ3v) is 3.04. The van der Waals surface area contributed by atoms with E-state index in [1.54, 1.807) is 6.20 Å². The summed E-state index contributed by atoms with van der Waals surface area (Å²) in [6.45, 7) is 3.06. The summed E-state index contributed by atoms with van der Waals surface area (Å²) in [6.07, 6.45) is 1.13. The van der Waals surface area contributed by atoms with E-state index in [0.29, 0.717) is 19.5 Å². The molecule has 0 aromatic carbocycles. The topological polar surface area (TPSA) is 36.4 Å². The fraction of sp³-hybridized carbons (Fsp3) is 0.583. The van der Waals surface area contributed by atoms with Gasteiger partial charge < -0.3 is 10.0 Å². The number of rotatable bonds is 2. The van der Waals surface area contributed by atoms with Gasteiger partial charge in [0.05, 0.1) is 11.9 Å². The summed E-state index contributed by atoms with van der Waals surface area (Å²) in [6, 6.07) is 3.96. The molecular formula is C12H17FN2O. The van der Waals surface area contributed by atoms with Crippen LogP contribution in [0.2, 0.25) is 0 Å². The van der Waals surface area contributed by atoms with Crippen molar-refractivity contribution in [2.24, 2.45) is 0 Å². The number of hydrogen-bond donors (Lipinski definition) is 1.